The number of ketones is 1. The third-order valence-corrected chi connectivity index (χ3v) is 2.09. The average Bonchev–Trinajstić information content (AvgIpc) is 2.19. The van der Waals surface area contributed by atoms with Crippen molar-refractivity contribution in [3.8, 4) is 0 Å². The molecule has 0 N–H and O–H groups in total. The van der Waals surface area contributed by atoms with Crippen LogP contribution in [0.15, 0.2) is 0 Å². The monoisotopic (exact) mass is 226 g/mol. The minimum atomic E-state index is -4.28. The molecule has 0 saturated heterocycles. The van der Waals surface area contributed by atoms with Gasteiger partial charge >= 0.3 is 5.92 Å². The van der Waals surface area contributed by atoms with Crippen LogP contribution in [0.3, 0.4) is 0 Å². The highest BCUT2D eigenvalue weighted by molar-refractivity contribution is 6.11. The van der Waals surface area contributed by atoms with E-state index in [1.165, 1.54) is 0 Å². The van der Waals surface area contributed by atoms with E-state index >= 15 is 0 Å². The zero-order chi connectivity index (χ0) is 11.5. The molecule has 1 nitrogen and oxygen atoms in total. The zero-order valence-electron chi connectivity index (χ0n) is 6.68. The molecule has 0 radical (unpaired) electrons. The maximum atomic E-state index is 12.7. The molecule has 0 atom stereocenters. The second-order valence-electron chi connectivity index (χ2n) is 2.91. The SMILES string of the molecule is O=C1c2c(F)c(F)c(F)c(F)c2C1(F)F. The van der Waals surface area contributed by atoms with Crippen LogP contribution in [0.5, 0.6) is 0 Å². The summed E-state index contributed by atoms with van der Waals surface area (Å²) in [5.74, 6) is -15.3. The Morgan fingerprint density at radius 2 is 1.27 bits per heavy atom. The van der Waals surface area contributed by atoms with Crippen LogP contribution in [0.2, 0.25) is 0 Å². The highest BCUT2D eigenvalue weighted by Gasteiger charge is 2.59. The zero-order valence-corrected chi connectivity index (χ0v) is 6.68. The standard InChI is InChI=1S/C8F6O/c9-3-1-2(8(13,14)7(1)15)4(10)6(12)5(3)11. The summed E-state index contributed by atoms with van der Waals surface area (Å²) < 4.78 is 75.8. The Balaban J connectivity index is 2.87. The van der Waals surface area contributed by atoms with Crippen molar-refractivity contribution in [2.75, 3.05) is 0 Å². The molecular weight excluding hydrogens is 226 g/mol. The van der Waals surface area contributed by atoms with E-state index in [2.05, 4.69) is 0 Å². The van der Waals surface area contributed by atoms with Crippen molar-refractivity contribution in [2.45, 2.75) is 5.92 Å². The first-order valence-corrected chi connectivity index (χ1v) is 3.59. The molecule has 2 rings (SSSR count). The van der Waals surface area contributed by atoms with Gasteiger partial charge in [0.15, 0.2) is 23.3 Å². The Morgan fingerprint density at radius 3 is 1.80 bits per heavy atom. The number of Topliss-reactive ketones (excluding diaryl/α,β-unsaturated/α-hetero) is 1. The maximum Gasteiger partial charge on any atom is 0.338 e. The lowest BCUT2D eigenvalue weighted by Gasteiger charge is -2.28. The van der Waals surface area contributed by atoms with E-state index in [4.69, 9.17) is 0 Å². The van der Waals surface area contributed by atoms with Crippen molar-refractivity contribution in [3.63, 3.8) is 0 Å². The Labute approximate surface area is 78.3 Å². The number of carbonyl (C=O) groups is 1. The van der Waals surface area contributed by atoms with Crippen LogP contribution in [0, 0.1) is 23.3 Å². The molecule has 0 aromatic heterocycles. The van der Waals surface area contributed by atoms with Crippen LogP contribution in [-0.2, 0) is 5.92 Å². The molecule has 1 aromatic carbocycles. The van der Waals surface area contributed by atoms with E-state index in [0.717, 1.165) is 0 Å². The normalized spacial score (nSPS) is 17.3. The van der Waals surface area contributed by atoms with Crippen LogP contribution in [0.1, 0.15) is 15.9 Å². The average molecular weight is 226 g/mol. The Bertz CT molecular complexity index is 493. The lowest BCUT2D eigenvalue weighted by molar-refractivity contribution is -0.0113. The number of carbonyl (C=O) groups excluding carboxylic acids is 1. The number of halogens is 6. The van der Waals surface area contributed by atoms with Crippen LogP contribution in [-0.4, -0.2) is 5.78 Å². The molecule has 0 saturated carbocycles. The van der Waals surface area contributed by atoms with Gasteiger partial charge in [-0.2, -0.15) is 8.78 Å². The van der Waals surface area contributed by atoms with Gasteiger partial charge in [-0.3, -0.25) is 4.79 Å². The van der Waals surface area contributed by atoms with Crippen molar-refractivity contribution in [1.82, 2.24) is 0 Å². The second kappa shape index (κ2) is 2.53. The van der Waals surface area contributed by atoms with Gasteiger partial charge in [0.25, 0.3) is 0 Å². The van der Waals surface area contributed by atoms with Crippen LogP contribution in [0.4, 0.5) is 26.3 Å². The molecule has 0 heterocycles. The molecule has 1 aromatic rings. The van der Waals surface area contributed by atoms with E-state index < -0.39 is 46.1 Å². The minimum absolute atomic E-state index is 1.42. The molecule has 1 aliphatic carbocycles. The molecule has 0 aliphatic heterocycles. The summed E-state index contributed by atoms with van der Waals surface area (Å²) in [6, 6.07) is 0. The van der Waals surface area contributed by atoms with E-state index in [1.54, 1.807) is 0 Å². The first-order chi connectivity index (χ1) is 6.80. The van der Waals surface area contributed by atoms with E-state index in [9.17, 15) is 31.1 Å². The van der Waals surface area contributed by atoms with Crippen molar-refractivity contribution in [3.05, 3.63) is 34.4 Å². The molecule has 0 spiro atoms. The smallest absolute Gasteiger partial charge is 0.287 e. The van der Waals surface area contributed by atoms with Gasteiger partial charge in [-0.15, -0.1) is 0 Å². The summed E-state index contributed by atoms with van der Waals surface area (Å²) in [4.78, 5) is 10.6. The van der Waals surface area contributed by atoms with Crippen molar-refractivity contribution in [2.24, 2.45) is 0 Å². The molecule has 80 valence electrons. The van der Waals surface area contributed by atoms with Crippen LogP contribution >= 0.6 is 0 Å². The molecule has 7 heteroatoms. The fourth-order valence-corrected chi connectivity index (χ4v) is 1.35. The number of hydrogen-bond donors (Lipinski definition) is 0. The minimum Gasteiger partial charge on any atom is -0.287 e. The van der Waals surface area contributed by atoms with E-state index in [-0.39, 0.29) is 0 Å². The number of benzene rings is 1. The fraction of sp³-hybridized carbons (Fsp3) is 0.125. The number of hydrogen-bond acceptors (Lipinski definition) is 1. The summed E-state index contributed by atoms with van der Waals surface area (Å²) >= 11 is 0. The summed E-state index contributed by atoms with van der Waals surface area (Å²) in [5, 5.41) is 0. The first-order valence-electron chi connectivity index (χ1n) is 3.59. The van der Waals surface area contributed by atoms with Gasteiger partial charge < -0.3 is 0 Å². The Kier molecular flexibility index (Phi) is 1.69. The third-order valence-electron chi connectivity index (χ3n) is 2.09. The van der Waals surface area contributed by atoms with Crippen LogP contribution in [0.25, 0.3) is 0 Å². The van der Waals surface area contributed by atoms with Gasteiger partial charge in [0.05, 0.1) is 11.1 Å². The van der Waals surface area contributed by atoms with Crippen molar-refractivity contribution >= 4 is 5.78 Å². The van der Waals surface area contributed by atoms with E-state index in [1.807, 2.05) is 0 Å². The van der Waals surface area contributed by atoms with Crippen LogP contribution < -0.4 is 0 Å². The van der Waals surface area contributed by atoms with Crippen molar-refractivity contribution < 1.29 is 31.1 Å². The summed E-state index contributed by atoms with van der Waals surface area (Å²) in [6.07, 6.45) is 0. The fourth-order valence-electron chi connectivity index (χ4n) is 1.35. The molecule has 15 heavy (non-hydrogen) atoms. The number of alkyl halides is 2. The van der Waals surface area contributed by atoms with Gasteiger partial charge in [-0.1, -0.05) is 0 Å². The van der Waals surface area contributed by atoms with Gasteiger partial charge in [-0.25, -0.2) is 17.6 Å². The molecule has 0 bridgehead atoms. The van der Waals surface area contributed by atoms with Gasteiger partial charge in [0.1, 0.15) is 0 Å². The third kappa shape index (κ3) is 0.924. The highest BCUT2D eigenvalue weighted by Crippen LogP contribution is 2.47. The largest absolute Gasteiger partial charge is 0.338 e. The summed E-state index contributed by atoms with van der Waals surface area (Å²) in [5.41, 5.74) is -3.14. The topological polar surface area (TPSA) is 17.1 Å². The number of fused-ring (bicyclic) bond motifs is 1. The first kappa shape index (κ1) is 10.0. The van der Waals surface area contributed by atoms with E-state index in [0.29, 0.717) is 0 Å². The summed E-state index contributed by atoms with van der Waals surface area (Å²) in [6.45, 7) is 0. The molecule has 0 fully saturated rings. The number of rotatable bonds is 0. The molecule has 1 aliphatic rings. The van der Waals surface area contributed by atoms with Gasteiger partial charge in [0, 0.05) is 0 Å². The highest BCUT2D eigenvalue weighted by atomic mass is 19.3. The lowest BCUT2D eigenvalue weighted by atomic mass is 9.81. The molecular formula is C8F6O. The van der Waals surface area contributed by atoms with Gasteiger partial charge in [0.2, 0.25) is 5.78 Å². The van der Waals surface area contributed by atoms with Crippen molar-refractivity contribution in [1.29, 1.82) is 0 Å². The Morgan fingerprint density at radius 1 is 0.800 bits per heavy atom. The Hall–Kier alpha value is -1.53. The quantitative estimate of drug-likeness (QED) is 0.377. The summed E-state index contributed by atoms with van der Waals surface area (Å²) in [7, 11) is 0. The maximum absolute atomic E-state index is 12.7. The van der Waals surface area contributed by atoms with Gasteiger partial charge in [-0.05, 0) is 0 Å². The molecule has 0 amide bonds. The second-order valence-corrected chi connectivity index (χ2v) is 2.91. The predicted molar refractivity (Wildman–Crippen MR) is 34.5 cm³/mol. The lowest BCUT2D eigenvalue weighted by Crippen LogP contribution is -2.42. The predicted octanol–water partition coefficient (Wildman–Crippen LogP) is 2.53. The molecule has 0 unspecified atom stereocenters.